The monoisotopic (exact) mass is 665 g/mol. The molecule has 0 saturated carbocycles. The molecule has 0 bridgehead atoms. The van der Waals surface area contributed by atoms with Crippen LogP contribution in [0.1, 0.15) is 246 Å². The molecule has 0 aliphatic carbocycles. The number of carbonyl (C=O) groups excluding carboxylic acids is 2. The normalized spacial score (nSPS) is 11.7. The van der Waals surface area contributed by atoms with Crippen molar-refractivity contribution in [3.63, 3.8) is 0 Å². The van der Waals surface area contributed by atoms with Crippen LogP contribution in [0.5, 0.6) is 0 Å². The molecule has 4 heteroatoms. The van der Waals surface area contributed by atoms with E-state index in [1.54, 1.807) is 0 Å². The number of rotatable bonds is 38. The number of ether oxygens (including phenoxy) is 2. The third-order valence-electron chi connectivity index (χ3n) is 9.72. The SMILES string of the molecule is CCCCCCCCCCCCCCCCCCC(=O)OCC(C)(C)COC(=O)CCCCCCCCCCCCCCCCCC. The largest absolute Gasteiger partial charge is 0.465 e. The molecule has 0 spiro atoms. The van der Waals surface area contributed by atoms with Gasteiger partial charge >= 0.3 is 11.9 Å². The molecule has 4 nitrogen and oxygen atoms in total. The summed E-state index contributed by atoms with van der Waals surface area (Å²) in [5, 5.41) is 0. The zero-order chi connectivity index (χ0) is 34.5. The van der Waals surface area contributed by atoms with Crippen LogP contribution in [0.4, 0.5) is 0 Å². The second-order valence-corrected chi connectivity index (χ2v) is 15.6. The lowest BCUT2D eigenvalue weighted by molar-refractivity contribution is -0.152. The van der Waals surface area contributed by atoms with Crippen LogP contribution in [0.2, 0.25) is 0 Å². The highest BCUT2D eigenvalue weighted by Crippen LogP contribution is 2.19. The maximum Gasteiger partial charge on any atom is 0.305 e. The molecule has 0 heterocycles. The van der Waals surface area contributed by atoms with E-state index >= 15 is 0 Å². The fourth-order valence-electron chi connectivity index (χ4n) is 6.37. The topological polar surface area (TPSA) is 52.6 Å². The molecule has 0 saturated heterocycles. The van der Waals surface area contributed by atoms with Crippen molar-refractivity contribution in [3.8, 4) is 0 Å². The predicted molar refractivity (Wildman–Crippen MR) is 204 cm³/mol. The summed E-state index contributed by atoms with van der Waals surface area (Å²) in [6.45, 7) is 9.16. The summed E-state index contributed by atoms with van der Waals surface area (Å²) in [6.07, 6.45) is 43.5. The molecule has 0 rings (SSSR count). The molecule has 0 aliphatic heterocycles. The standard InChI is InChI=1S/C43H84O4/c1-5-7-9-11-13-15-17-19-21-23-25-27-29-31-33-35-37-41(44)46-39-43(3,4)40-47-42(45)38-36-34-32-30-28-26-24-22-20-18-16-14-12-10-8-6-2/h5-40H2,1-4H3. The molecule has 0 aromatic carbocycles. The molecular weight excluding hydrogens is 580 g/mol. The van der Waals surface area contributed by atoms with E-state index in [4.69, 9.17) is 9.47 Å². The van der Waals surface area contributed by atoms with Gasteiger partial charge in [-0.05, 0) is 12.8 Å². The average molecular weight is 665 g/mol. The number of esters is 2. The second kappa shape index (κ2) is 36.2. The van der Waals surface area contributed by atoms with E-state index in [9.17, 15) is 9.59 Å². The highest BCUT2D eigenvalue weighted by atomic mass is 16.5. The molecule has 0 amide bonds. The molecule has 0 radical (unpaired) electrons. The van der Waals surface area contributed by atoms with Gasteiger partial charge in [-0.1, -0.05) is 220 Å². The Labute approximate surface area is 295 Å². The Morgan fingerprint density at radius 3 is 0.745 bits per heavy atom. The zero-order valence-electron chi connectivity index (χ0n) is 32.6. The second-order valence-electron chi connectivity index (χ2n) is 15.6. The summed E-state index contributed by atoms with van der Waals surface area (Å²) < 4.78 is 11.1. The van der Waals surface area contributed by atoms with Crippen LogP contribution >= 0.6 is 0 Å². The lowest BCUT2D eigenvalue weighted by atomic mass is 9.96. The van der Waals surface area contributed by atoms with Gasteiger partial charge in [-0.15, -0.1) is 0 Å². The van der Waals surface area contributed by atoms with E-state index in [-0.39, 0.29) is 17.4 Å². The highest BCUT2D eigenvalue weighted by molar-refractivity contribution is 5.69. The van der Waals surface area contributed by atoms with Gasteiger partial charge in [0.15, 0.2) is 0 Å². The van der Waals surface area contributed by atoms with E-state index in [0.29, 0.717) is 26.1 Å². The molecular formula is C43H84O4. The molecule has 0 aromatic rings. The third kappa shape index (κ3) is 37.6. The lowest BCUT2D eigenvalue weighted by Gasteiger charge is -2.23. The van der Waals surface area contributed by atoms with E-state index in [0.717, 1.165) is 25.7 Å². The lowest BCUT2D eigenvalue weighted by Crippen LogP contribution is -2.28. The Hall–Kier alpha value is -1.06. The summed E-state index contributed by atoms with van der Waals surface area (Å²) in [4.78, 5) is 24.4. The van der Waals surface area contributed by atoms with Crippen molar-refractivity contribution in [2.45, 2.75) is 246 Å². The van der Waals surface area contributed by atoms with Crippen molar-refractivity contribution >= 4 is 11.9 Å². The van der Waals surface area contributed by atoms with Crippen molar-refractivity contribution < 1.29 is 19.1 Å². The third-order valence-corrected chi connectivity index (χ3v) is 9.72. The number of carbonyl (C=O) groups is 2. The van der Waals surface area contributed by atoms with Crippen LogP contribution in [-0.2, 0) is 19.1 Å². The zero-order valence-corrected chi connectivity index (χ0v) is 32.6. The van der Waals surface area contributed by atoms with Gasteiger partial charge in [0.25, 0.3) is 0 Å². The predicted octanol–water partition coefficient (Wildman–Crippen LogP) is 14.4. The highest BCUT2D eigenvalue weighted by Gasteiger charge is 2.22. The van der Waals surface area contributed by atoms with E-state index in [1.165, 1.54) is 180 Å². The van der Waals surface area contributed by atoms with Gasteiger partial charge in [0, 0.05) is 18.3 Å². The minimum absolute atomic E-state index is 0.122. The molecule has 0 atom stereocenters. The van der Waals surface area contributed by atoms with Gasteiger partial charge < -0.3 is 9.47 Å². The first-order chi connectivity index (χ1) is 22.9. The quantitative estimate of drug-likeness (QED) is 0.0487. The van der Waals surface area contributed by atoms with Gasteiger partial charge in [-0.25, -0.2) is 0 Å². The molecule has 47 heavy (non-hydrogen) atoms. The van der Waals surface area contributed by atoms with Gasteiger partial charge in [-0.2, -0.15) is 0 Å². The van der Waals surface area contributed by atoms with Crippen LogP contribution in [0.25, 0.3) is 0 Å². The Bertz CT molecular complexity index is 604. The van der Waals surface area contributed by atoms with Crippen molar-refractivity contribution in [2.75, 3.05) is 13.2 Å². The maximum absolute atomic E-state index is 12.2. The number of hydrogen-bond donors (Lipinski definition) is 0. The average Bonchev–Trinajstić information content (AvgIpc) is 3.06. The maximum atomic E-state index is 12.2. The van der Waals surface area contributed by atoms with Crippen LogP contribution in [-0.4, -0.2) is 25.2 Å². The van der Waals surface area contributed by atoms with Crippen molar-refractivity contribution in [1.82, 2.24) is 0 Å². The summed E-state index contributed by atoms with van der Waals surface area (Å²) >= 11 is 0. The van der Waals surface area contributed by atoms with Gasteiger partial charge in [-0.3, -0.25) is 9.59 Å². The van der Waals surface area contributed by atoms with Crippen LogP contribution in [0, 0.1) is 5.41 Å². The Morgan fingerprint density at radius 2 is 0.532 bits per heavy atom. The molecule has 0 aromatic heterocycles. The first kappa shape index (κ1) is 45.9. The van der Waals surface area contributed by atoms with E-state index in [2.05, 4.69) is 13.8 Å². The van der Waals surface area contributed by atoms with E-state index < -0.39 is 0 Å². The molecule has 0 fully saturated rings. The molecule has 0 aliphatic rings. The fraction of sp³-hybridized carbons (Fsp3) is 0.953. The van der Waals surface area contributed by atoms with Crippen LogP contribution < -0.4 is 0 Å². The molecule has 0 N–H and O–H groups in total. The van der Waals surface area contributed by atoms with Crippen molar-refractivity contribution in [3.05, 3.63) is 0 Å². The fourth-order valence-corrected chi connectivity index (χ4v) is 6.37. The summed E-state index contributed by atoms with van der Waals surface area (Å²) in [5.41, 5.74) is -0.353. The summed E-state index contributed by atoms with van der Waals surface area (Å²) in [6, 6.07) is 0. The van der Waals surface area contributed by atoms with E-state index in [1.807, 2.05) is 13.8 Å². The van der Waals surface area contributed by atoms with Gasteiger partial charge in [0.05, 0.1) is 13.2 Å². The number of unbranched alkanes of at least 4 members (excludes halogenated alkanes) is 30. The summed E-state index contributed by atoms with van der Waals surface area (Å²) in [5.74, 6) is -0.245. The van der Waals surface area contributed by atoms with Crippen molar-refractivity contribution in [1.29, 1.82) is 0 Å². The molecule has 0 unspecified atom stereocenters. The van der Waals surface area contributed by atoms with Gasteiger partial charge in [0.1, 0.15) is 0 Å². The minimum Gasteiger partial charge on any atom is -0.465 e. The summed E-state index contributed by atoms with van der Waals surface area (Å²) in [7, 11) is 0. The first-order valence-corrected chi connectivity index (χ1v) is 21.2. The smallest absolute Gasteiger partial charge is 0.305 e. The minimum atomic E-state index is -0.353. The van der Waals surface area contributed by atoms with Gasteiger partial charge in [0.2, 0.25) is 0 Å². The van der Waals surface area contributed by atoms with Crippen LogP contribution in [0.3, 0.4) is 0 Å². The first-order valence-electron chi connectivity index (χ1n) is 21.2. The Balaban J connectivity index is 3.48. The van der Waals surface area contributed by atoms with Crippen molar-refractivity contribution in [2.24, 2.45) is 5.41 Å². The molecule has 280 valence electrons. The van der Waals surface area contributed by atoms with Crippen LogP contribution in [0.15, 0.2) is 0 Å². The Kier molecular flexibility index (Phi) is 35.4. The Morgan fingerprint density at radius 1 is 0.340 bits per heavy atom. The number of hydrogen-bond acceptors (Lipinski definition) is 4.